The van der Waals surface area contributed by atoms with Crippen LogP contribution in [0.1, 0.15) is 173 Å². The Balaban J connectivity index is 1.05. The Morgan fingerprint density at radius 1 is 0.701 bits per heavy atom. The Morgan fingerprint density at radius 2 is 1.28 bits per heavy atom. The molecule has 25 atom stereocenters. The second-order valence-electron chi connectivity index (χ2n) is 26.2. The van der Waals surface area contributed by atoms with Gasteiger partial charge in [0.05, 0.1) is 83.7 Å². The third kappa shape index (κ3) is 16.0. The van der Waals surface area contributed by atoms with Gasteiger partial charge in [-0.2, -0.15) is 0 Å². The van der Waals surface area contributed by atoms with Gasteiger partial charge in [-0.15, -0.1) is 0 Å². The first-order valence-electron chi connectivity index (χ1n) is 31.7. The number of carbonyl (C=O) groups is 3. The molecule has 2 aromatic rings. The van der Waals surface area contributed by atoms with E-state index in [0.717, 1.165) is 38.5 Å². The number of unbranched alkanes of at least 4 members (excludes halogenated alkanes) is 6. The number of ether oxygens (including phenoxy) is 10. The number of hydrogen-bond donors (Lipinski definition) is 10. The molecular formula is C64H98O23. The largest absolute Gasteiger partial charge is 0.507 e. The van der Waals surface area contributed by atoms with Gasteiger partial charge in [-0.25, -0.2) is 0 Å². The van der Waals surface area contributed by atoms with Gasteiger partial charge in [0, 0.05) is 57.1 Å². The van der Waals surface area contributed by atoms with Crippen LogP contribution in [0.3, 0.4) is 0 Å². The maximum Gasteiger partial charge on any atom is 0.306 e. The number of rotatable bonds is 24. The van der Waals surface area contributed by atoms with Gasteiger partial charge in [-0.3, -0.25) is 14.4 Å². The first-order chi connectivity index (χ1) is 41.1. The predicted octanol–water partition coefficient (Wildman–Crippen LogP) is 4.77. The van der Waals surface area contributed by atoms with Crippen molar-refractivity contribution in [1.29, 1.82) is 0 Å². The summed E-state index contributed by atoms with van der Waals surface area (Å²) >= 11 is 0. The van der Waals surface area contributed by atoms with Gasteiger partial charge in [0.15, 0.2) is 30.3 Å². The normalized spacial score (nSPS) is 38.6. The topological polar surface area (TPSA) is 346 Å². The number of phenols is 2. The number of aliphatic hydroxyl groups is 8. The van der Waals surface area contributed by atoms with Crippen molar-refractivity contribution in [2.24, 2.45) is 17.8 Å². The number of fused-ring (bicyclic) bond motifs is 2. The van der Waals surface area contributed by atoms with E-state index < -0.39 is 169 Å². The van der Waals surface area contributed by atoms with Gasteiger partial charge < -0.3 is 98.4 Å². The number of aliphatic hydroxyl groups excluding tert-OH is 7. The molecule has 23 nitrogen and oxygen atoms in total. The number of phenolic OH excluding ortho intramolecular Hbond substituents is 2. The zero-order valence-electron chi connectivity index (χ0n) is 52.1. The lowest BCUT2D eigenvalue weighted by Gasteiger charge is -2.46. The highest BCUT2D eigenvalue weighted by molar-refractivity contribution is 6.11. The molecule has 0 amide bonds. The molecular weight excluding hydrogens is 1140 g/mol. The van der Waals surface area contributed by atoms with E-state index >= 15 is 4.79 Å². The van der Waals surface area contributed by atoms with Crippen molar-refractivity contribution in [2.45, 2.75) is 299 Å². The summed E-state index contributed by atoms with van der Waals surface area (Å²) in [6, 6.07) is 3.09. The Kier molecular flexibility index (Phi) is 23.6. The number of hydrogen-bond acceptors (Lipinski definition) is 23. The van der Waals surface area contributed by atoms with Gasteiger partial charge >= 0.3 is 5.97 Å². The minimum Gasteiger partial charge on any atom is -0.507 e. The second-order valence-corrected chi connectivity index (χ2v) is 26.2. The van der Waals surface area contributed by atoms with E-state index in [1.54, 1.807) is 33.8 Å². The lowest BCUT2D eigenvalue weighted by Crippen LogP contribution is -2.56. The van der Waals surface area contributed by atoms with Crippen molar-refractivity contribution in [3.8, 4) is 17.2 Å². The molecule has 23 heteroatoms. The average Bonchev–Trinajstić information content (AvgIpc) is 1.02. The van der Waals surface area contributed by atoms with E-state index in [-0.39, 0.29) is 90.0 Å². The fourth-order valence-electron chi connectivity index (χ4n) is 13.9. The fraction of sp³-hybridized carbons (Fsp3) is 0.797. The highest BCUT2D eigenvalue weighted by Gasteiger charge is 2.51. The summed E-state index contributed by atoms with van der Waals surface area (Å²) in [5.74, 6) is -5.11. The molecule has 492 valence electrons. The van der Waals surface area contributed by atoms with E-state index in [1.165, 1.54) is 27.0 Å². The summed E-state index contributed by atoms with van der Waals surface area (Å²) in [4.78, 5) is 43.1. The fourth-order valence-corrected chi connectivity index (χ4v) is 13.9. The smallest absolute Gasteiger partial charge is 0.306 e. The molecule has 5 fully saturated rings. The van der Waals surface area contributed by atoms with Crippen LogP contribution in [0.4, 0.5) is 0 Å². The lowest BCUT2D eigenvalue weighted by atomic mass is 9.75. The summed E-state index contributed by atoms with van der Waals surface area (Å²) in [6.07, 6.45) is -14.6. The van der Waals surface area contributed by atoms with E-state index in [9.17, 15) is 60.7 Å². The van der Waals surface area contributed by atoms with Crippen LogP contribution < -0.4 is 4.74 Å². The first kappa shape index (κ1) is 69.2. The van der Waals surface area contributed by atoms with Crippen LogP contribution in [0.25, 0.3) is 10.8 Å². The summed E-state index contributed by atoms with van der Waals surface area (Å²) < 4.78 is 61.8. The zero-order valence-corrected chi connectivity index (χ0v) is 52.1. The van der Waals surface area contributed by atoms with Crippen molar-refractivity contribution in [2.75, 3.05) is 7.11 Å². The second kappa shape index (κ2) is 29.7. The van der Waals surface area contributed by atoms with Crippen molar-refractivity contribution < 1.29 is 113 Å². The van der Waals surface area contributed by atoms with Crippen LogP contribution in [0.15, 0.2) is 12.1 Å². The first-order valence-corrected chi connectivity index (χ1v) is 31.7. The predicted molar refractivity (Wildman–Crippen MR) is 312 cm³/mol. The van der Waals surface area contributed by atoms with Crippen LogP contribution in [-0.2, 0) is 58.6 Å². The van der Waals surface area contributed by atoms with Crippen molar-refractivity contribution in [3.63, 3.8) is 0 Å². The Hall–Kier alpha value is -3.73. The van der Waals surface area contributed by atoms with Gasteiger partial charge in [-0.05, 0) is 102 Å². The van der Waals surface area contributed by atoms with Crippen LogP contribution in [-0.4, -0.2) is 210 Å². The molecule has 3 heterocycles. The molecule has 8 rings (SSSR count). The van der Waals surface area contributed by atoms with Gasteiger partial charge in [-0.1, -0.05) is 59.3 Å². The Morgan fingerprint density at radius 3 is 1.92 bits per heavy atom. The molecule has 2 saturated carbocycles. The molecule has 10 N–H and O–H groups in total. The molecule has 3 aliphatic carbocycles. The van der Waals surface area contributed by atoms with Gasteiger partial charge in [0.1, 0.15) is 53.9 Å². The summed E-state index contributed by atoms with van der Waals surface area (Å²) in [5, 5.41) is 112. The van der Waals surface area contributed by atoms with E-state index in [4.69, 9.17) is 47.4 Å². The van der Waals surface area contributed by atoms with Crippen LogP contribution in [0.5, 0.6) is 17.2 Å². The summed E-state index contributed by atoms with van der Waals surface area (Å²) in [7, 11) is 1.23. The van der Waals surface area contributed by atoms with Gasteiger partial charge in [0.2, 0.25) is 6.29 Å². The lowest BCUT2D eigenvalue weighted by molar-refractivity contribution is -0.298. The molecule has 5 unspecified atom stereocenters. The minimum absolute atomic E-state index is 0.0355. The highest BCUT2D eigenvalue weighted by Crippen LogP contribution is 2.48. The Bertz CT molecular complexity index is 2620. The summed E-state index contributed by atoms with van der Waals surface area (Å²) in [6.45, 7) is 15.1. The number of aromatic hydroxyl groups is 2. The molecule has 6 aliphatic rings. The highest BCUT2D eigenvalue weighted by atomic mass is 16.7. The SMILES string of the molecule is CCCCCCCCCC(=O)O[C@H](C)[C@H](O)C(=O)[C@@H](OC)[C@@H]1Cc2cc3cc(O[C@H]4C[C@@H](O[C@H]5C[C@@H](O)[C@H](O)C(C)O5)[C@H](O)C(C)O4)c(C)c(O)c3c(O)c2C(=O)[C@H]1O[C@H]1C[C@@H](O[C@@H]2CC(C)[C@H](O)[C@H](O[C@@H]3CC(C)[C@@H](O)[C@@](C)(O)C3)C2)[C@H](O)C(C)O1. The number of methoxy groups -OCH3 is 1. The van der Waals surface area contributed by atoms with Crippen molar-refractivity contribution in [1.82, 2.24) is 0 Å². The summed E-state index contributed by atoms with van der Waals surface area (Å²) in [5.41, 5.74) is -1.28. The van der Waals surface area contributed by atoms with E-state index in [1.807, 2.05) is 13.8 Å². The standard InChI is InChI=1S/C64H98O23/c1-11-12-13-14-15-16-17-18-46(66)79-35(8)57(72)60(75)61(78-10)40-22-36-21-37-23-42(85-48-27-45(56(71)34(7)81-48)86-47-25-41(65)54(69)32(5)80-47)31(4)53(68)50(37)58(73)51(36)59(74)62(40)87-49-26-44(55(70)33(6)82-49)83-38-19-29(2)52(67)43(24-38)84-39-20-30(3)63(76)64(9,77)28-39/h21,23,29-30,32-35,38-41,43-45,47-49,52,54-57,61-63,65,67-73,76-77H,11-20,22,24-28H2,1-10H3/t29?,30?,32?,33?,34?,35-,38-,39-,40+,41-,43-,44-,45-,47+,48+,49+,52+,54-,55-,56-,57+,61+,62+,63-,64+/m1/s1. The van der Waals surface area contributed by atoms with Crippen LogP contribution >= 0.6 is 0 Å². The van der Waals surface area contributed by atoms with Crippen molar-refractivity contribution >= 4 is 28.3 Å². The molecule has 0 aromatic heterocycles. The van der Waals surface area contributed by atoms with E-state index in [0.29, 0.717) is 19.3 Å². The minimum atomic E-state index is -1.92. The third-order valence-corrected chi connectivity index (χ3v) is 19.1. The molecule has 3 saturated heterocycles. The molecule has 0 spiro atoms. The number of carbonyl (C=O) groups excluding carboxylic acids is 3. The average molecular weight is 1240 g/mol. The quantitative estimate of drug-likeness (QED) is 0.0500. The molecule has 3 aliphatic heterocycles. The zero-order chi connectivity index (χ0) is 63.5. The molecule has 0 radical (unpaired) electrons. The maximum atomic E-state index is 15.4. The molecule has 0 bridgehead atoms. The van der Waals surface area contributed by atoms with Gasteiger partial charge in [0.25, 0.3) is 0 Å². The number of ketones is 2. The van der Waals surface area contributed by atoms with E-state index in [2.05, 4.69) is 6.92 Å². The maximum absolute atomic E-state index is 15.4. The van der Waals surface area contributed by atoms with Crippen LogP contribution in [0.2, 0.25) is 0 Å². The number of benzene rings is 2. The monoisotopic (exact) mass is 1230 g/mol. The number of esters is 1. The third-order valence-electron chi connectivity index (χ3n) is 19.1. The van der Waals surface area contributed by atoms with Crippen LogP contribution in [0, 0.1) is 24.7 Å². The van der Waals surface area contributed by atoms with Crippen molar-refractivity contribution in [3.05, 3.63) is 28.8 Å². The molecule has 2 aromatic carbocycles. The number of Topliss-reactive ketones (excluding diaryl/α,β-unsaturated/α-hetero) is 2. The Labute approximate surface area is 509 Å². The molecule has 87 heavy (non-hydrogen) atoms.